The fraction of sp³-hybridized carbons (Fsp3) is 0.600. The second-order valence-corrected chi connectivity index (χ2v) is 3.58. The number of ether oxygens (including phenoxy) is 1. The summed E-state index contributed by atoms with van der Waals surface area (Å²) >= 11 is 0. The van der Waals surface area contributed by atoms with Gasteiger partial charge in [-0.2, -0.15) is 0 Å². The van der Waals surface area contributed by atoms with Crippen molar-refractivity contribution < 1.29 is 14.1 Å². The molecule has 0 N–H and O–H groups in total. The van der Waals surface area contributed by atoms with Gasteiger partial charge in [0.25, 0.3) is 0 Å². The van der Waals surface area contributed by atoms with Gasteiger partial charge < -0.3 is 9.26 Å². The maximum Gasteiger partial charge on any atom is 0.181 e. The molecular weight excluding hydrogens is 182 g/mol. The number of hydrogen-bond acceptors (Lipinski definition) is 4. The molecule has 0 bridgehead atoms. The first kappa shape index (κ1) is 9.40. The van der Waals surface area contributed by atoms with Crippen LogP contribution in [0.4, 0.5) is 0 Å². The molecule has 4 nitrogen and oxygen atoms in total. The zero-order chi connectivity index (χ0) is 9.97. The van der Waals surface area contributed by atoms with Crippen LogP contribution in [0.3, 0.4) is 0 Å². The molecule has 1 saturated heterocycles. The molecule has 1 atom stereocenters. The molecule has 1 unspecified atom stereocenters. The molecule has 4 heteroatoms. The summed E-state index contributed by atoms with van der Waals surface area (Å²) in [6, 6.07) is 1.72. The maximum atomic E-state index is 11.0. The van der Waals surface area contributed by atoms with E-state index in [0.717, 1.165) is 25.2 Å². The lowest BCUT2D eigenvalue weighted by molar-refractivity contribution is 0.0721. The van der Waals surface area contributed by atoms with Crippen molar-refractivity contribution in [1.29, 1.82) is 0 Å². The highest BCUT2D eigenvalue weighted by molar-refractivity contribution is 5.91. The van der Waals surface area contributed by atoms with E-state index in [9.17, 15) is 4.79 Å². The van der Waals surface area contributed by atoms with Crippen LogP contribution in [0.25, 0.3) is 0 Å². The van der Waals surface area contributed by atoms with E-state index in [4.69, 9.17) is 9.26 Å². The Morgan fingerprint density at radius 2 is 2.50 bits per heavy atom. The van der Waals surface area contributed by atoms with Crippen LogP contribution in [-0.2, 0) is 4.74 Å². The Bertz CT molecular complexity index is 326. The summed E-state index contributed by atoms with van der Waals surface area (Å²) in [6.07, 6.45) is 2.09. The third-order valence-corrected chi connectivity index (χ3v) is 2.45. The Balaban J connectivity index is 2.11. The van der Waals surface area contributed by atoms with Gasteiger partial charge in [0.05, 0.1) is 6.61 Å². The lowest BCUT2D eigenvalue weighted by Crippen LogP contribution is -2.14. The molecular formula is C10H13NO3. The molecule has 1 aromatic rings. The lowest BCUT2D eigenvalue weighted by Gasteiger charge is -2.18. The average molecular weight is 195 g/mol. The number of ketones is 1. The van der Waals surface area contributed by atoms with Crippen LogP contribution in [0.5, 0.6) is 0 Å². The van der Waals surface area contributed by atoms with Crippen molar-refractivity contribution >= 4 is 5.78 Å². The molecule has 76 valence electrons. The van der Waals surface area contributed by atoms with Gasteiger partial charge in [0.15, 0.2) is 5.78 Å². The van der Waals surface area contributed by atoms with Crippen LogP contribution >= 0.6 is 0 Å². The van der Waals surface area contributed by atoms with E-state index in [1.54, 1.807) is 6.07 Å². The molecule has 0 radical (unpaired) electrons. The fourth-order valence-corrected chi connectivity index (χ4v) is 1.61. The summed E-state index contributed by atoms with van der Waals surface area (Å²) in [7, 11) is 0. The van der Waals surface area contributed by atoms with E-state index < -0.39 is 0 Å². The highest BCUT2D eigenvalue weighted by atomic mass is 16.5. The highest BCUT2D eigenvalue weighted by Gasteiger charge is 2.21. The van der Waals surface area contributed by atoms with Gasteiger partial charge in [-0.25, -0.2) is 0 Å². The number of nitrogens with zero attached hydrogens (tertiary/aromatic N) is 1. The third kappa shape index (κ3) is 1.85. The Hall–Kier alpha value is -1.16. The monoisotopic (exact) mass is 195 g/mol. The van der Waals surface area contributed by atoms with Gasteiger partial charge in [0.1, 0.15) is 11.5 Å². The summed E-state index contributed by atoms with van der Waals surface area (Å²) < 4.78 is 10.4. The quantitative estimate of drug-likeness (QED) is 0.675. The van der Waals surface area contributed by atoms with Gasteiger partial charge in [0, 0.05) is 25.5 Å². The van der Waals surface area contributed by atoms with Crippen molar-refractivity contribution in [2.75, 3.05) is 13.2 Å². The van der Waals surface area contributed by atoms with Gasteiger partial charge >= 0.3 is 0 Å². The molecule has 2 rings (SSSR count). The standard InChI is InChI=1S/C10H13NO3/c1-7(12)9-5-10(14-11-9)8-3-2-4-13-6-8/h5,8H,2-4,6H2,1H3. The Morgan fingerprint density at radius 1 is 1.64 bits per heavy atom. The number of carbonyl (C=O) groups is 1. The van der Waals surface area contributed by atoms with E-state index >= 15 is 0 Å². The molecule has 0 aliphatic carbocycles. The molecule has 1 fully saturated rings. The predicted octanol–water partition coefficient (Wildman–Crippen LogP) is 1.77. The Kier molecular flexibility index (Phi) is 2.63. The molecule has 0 saturated carbocycles. The first-order valence-corrected chi connectivity index (χ1v) is 4.82. The second-order valence-electron chi connectivity index (χ2n) is 3.58. The Morgan fingerprint density at radius 3 is 3.07 bits per heavy atom. The number of rotatable bonds is 2. The maximum absolute atomic E-state index is 11.0. The zero-order valence-corrected chi connectivity index (χ0v) is 8.16. The van der Waals surface area contributed by atoms with Gasteiger partial charge in [-0.1, -0.05) is 5.16 Å². The van der Waals surface area contributed by atoms with E-state index in [1.165, 1.54) is 6.92 Å². The normalized spacial score (nSPS) is 22.2. The molecule has 14 heavy (non-hydrogen) atoms. The van der Waals surface area contributed by atoms with Crippen molar-refractivity contribution in [2.24, 2.45) is 0 Å². The van der Waals surface area contributed by atoms with Crippen molar-refractivity contribution in [1.82, 2.24) is 5.16 Å². The number of carbonyl (C=O) groups excluding carboxylic acids is 1. The summed E-state index contributed by atoms with van der Waals surface area (Å²) in [5.41, 5.74) is 0.408. The van der Waals surface area contributed by atoms with Gasteiger partial charge in [-0.15, -0.1) is 0 Å². The van der Waals surface area contributed by atoms with Gasteiger partial charge in [-0.3, -0.25) is 4.79 Å². The minimum absolute atomic E-state index is 0.0586. The Labute approximate surface area is 82.2 Å². The smallest absolute Gasteiger partial charge is 0.181 e. The van der Waals surface area contributed by atoms with E-state index in [-0.39, 0.29) is 11.7 Å². The average Bonchev–Trinajstić information content (AvgIpc) is 2.68. The van der Waals surface area contributed by atoms with Gasteiger partial charge in [0.2, 0.25) is 0 Å². The van der Waals surface area contributed by atoms with Crippen molar-refractivity contribution in [2.45, 2.75) is 25.7 Å². The summed E-state index contributed by atoms with van der Waals surface area (Å²) in [5.74, 6) is 0.982. The van der Waals surface area contributed by atoms with Crippen LogP contribution in [0.1, 0.15) is 41.9 Å². The van der Waals surface area contributed by atoms with Crippen LogP contribution in [-0.4, -0.2) is 24.2 Å². The molecule has 0 spiro atoms. The fourth-order valence-electron chi connectivity index (χ4n) is 1.61. The summed E-state index contributed by atoms with van der Waals surface area (Å²) in [4.78, 5) is 11.0. The highest BCUT2D eigenvalue weighted by Crippen LogP contribution is 2.25. The second kappa shape index (κ2) is 3.92. The molecule has 1 aliphatic heterocycles. The van der Waals surface area contributed by atoms with Crippen LogP contribution in [0, 0.1) is 0 Å². The SMILES string of the molecule is CC(=O)c1cc(C2CCCOC2)on1. The van der Waals surface area contributed by atoms with Crippen LogP contribution < -0.4 is 0 Å². The zero-order valence-electron chi connectivity index (χ0n) is 8.16. The van der Waals surface area contributed by atoms with Gasteiger partial charge in [-0.05, 0) is 12.8 Å². The third-order valence-electron chi connectivity index (χ3n) is 2.45. The van der Waals surface area contributed by atoms with E-state index in [0.29, 0.717) is 12.3 Å². The topological polar surface area (TPSA) is 52.3 Å². The molecule has 0 aromatic carbocycles. The predicted molar refractivity (Wildman–Crippen MR) is 49.3 cm³/mol. The van der Waals surface area contributed by atoms with Crippen LogP contribution in [0.2, 0.25) is 0 Å². The molecule has 2 heterocycles. The van der Waals surface area contributed by atoms with Crippen molar-refractivity contribution in [3.8, 4) is 0 Å². The number of Topliss-reactive ketones (excluding diaryl/α,β-unsaturated/α-hetero) is 1. The van der Waals surface area contributed by atoms with Crippen LogP contribution in [0.15, 0.2) is 10.6 Å². The van der Waals surface area contributed by atoms with Crippen molar-refractivity contribution in [3.05, 3.63) is 17.5 Å². The molecule has 0 amide bonds. The summed E-state index contributed by atoms with van der Waals surface area (Å²) in [5, 5.41) is 3.71. The summed E-state index contributed by atoms with van der Waals surface area (Å²) in [6.45, 7) is 2.98. The first-order valence-electron chi connectivity index (χ1n) is 4.82. The van der Waals surface area contributed by atoms with E-state index in [1.807, 2.05) is 0 Å². The number of hydrogen-bond donors (Lipinski definition) is 0. The number of aromatic nitrogens is 1. The first-order chi connectivity index (χ1) is 6.77. The largest absolute Gasteiger partial charge is 0.381 e. The van der Waals surface area contributed by atoms with Crippen molar-refractivity contribution in [3.63, 3.8) is 0 Å². The lowest BCUT2D eigenvalue weighted by atomic mass is 9.99. The molecule has 1 aliphatic rings. The molecule has 1 aromatic heterocycles. The minimum atomic E-state index is -0.0586. The van der Waals surface area contributed by atoms with E-state index in [2.05, 4.69) is 5.16 Å². The minimum Gasteiger partial charge on any atom is -0.381 e.